The third-order valence-corrected chi connectivity index (χ3v) is 4.22. The van der Waals surface area contributed by atoms with Gasteiger partial charge in [0.05, 0.1) is 12.5 Å². The first-order valence-electron chi connectivity index (χ1n) is 8.70. The van der Waals surface area contributed by atoms with Crippen LogP contribution in [0.2, 0.25) is 0 Å². The van der Waals surface area contributed by atoms with E-state index in [4.69, 9.17) is 14.2 Å². The lowest BCUT2D eigenvalue weighted by Gasteiger charge is -2.20. The summed E-state index contributed by atoms with van der Waals surface area (Å²) < 4.78 is 15.7. The first kappa shape index (κ1) is 20.2. The van der Waals surface area contributed by atoms with Gasteiger partial charge < -0.3 is 14.2 Å². The van der Waals surface area contributed by atoms with E-state index in [0.717, 1.165) is 11.3 Å². The van der Waals surface area contributed by atoms with E-state index in [1.165, 1.54) is 6.08 Å². The van der Waals surface area contributed by atoms with Crippen LogP contribution in [-0.4, -0.2) is 19.0 Å². The number of ether oxygens (including phenoxy) is 3. The van der Waals surface area contributed by atoms with E-state index in [1.54, 1.807) is 37.5 Å². The molecule has 2 rings (SSSR count). The molecule has 142 valence electrons. The molecule has 0 bridgehead atoms. The van der Waals surface area contributed by atoms with Crippen LogP contribution in [0.4, 0.5) is 0 Å². The fraction of sp³-hybridized carbons (Fsp3) is 0.273. The van der Waals surface area contributed by atoms with Crippen molar-refractivity contribution in [3.05, 3.63) is 60.2 Å². The van der Waals surface area contributed by atoms with Crippen molar-refractivity contribution in [1.29, 1.82) is 0 Å². The average Bonchev–Trinajstić information content (AvgIpc) is 2.68. The van der Waals surface area contributed by atoms with Gasteiger partial charge >= 0.3 is 11.9 Å². The summed E-state index contributed by atoms with van der Waals surface area (Å²) in [6.07, 6.45) is 3.69. The second kappa shape index (κ2) is 9.03. The average molecular weight is 368 g/mol. The van der Waals surface area contributed by atoms with Crippen LogP contribution in [0.25, 0.3) is 6.08 Å². The Morgan fingerprint density at radius 1 is 0.889 bits per heavy atom. The molecule has 5 heteroatoms. The van der Waals surface area contributed by atoms with Crippen molar-refractivity contribution >= 4 is 18.0 Å². The number of esters is 2. The maximum Gasteiger partial charge on any atom is 0.336 e. The number of hydrogen-bond acceptors (Lipinski definition) is 5. The van der Waals surface area contributed by atoms with Gasteiger partial charge in [0, 0.05) is 6.08 Å². The molecule has 2 aromatic rings. The molecule has 0 unspecified atom stereocenters. The zero-order chi connectivity index (χ0) is 19.9. The molecule has 5 nitrogen and oxygen atoms in total. The lowest BCUT2D eigenvalue weighted by Crippen LogP contribution is -2.28. The summed E-state index contributed by atoms with van der Waals surface area (Å²) in [4.78, 5) is 24.0. The van der Waals surface area contributed by atoms with Crippen molar-refractivity contribution in [2.45, 2.75) is 27.2 Å². The van der Waals surface area contributed by atoms with Gasteiger partial charge in [-0.3, -0.25) is 4.79 Å². The van der Waals surface area contributed by atoms with E-state index in [1.807, 2.05) is 45.0 Å². The first-order chi connectivity index (χ1) is 12.8. The summed E-state index contributed by atoms with van der Waals surface area (Å²) in [6, 6.07) is 13.7. The molecule has 0 aliphatic carbocycles. The van der Waals surface area contributed by atoms with Gasteiger partial charge in [0.1, 0.15) is 17.2 Å². The normalized spacial score (nSPS) is 11.3. The highest BCUT2D eigenvalue weighted by Crippen LogP contribution is 2.25. The molecule has 0 heterocycles. The fourth-order valence-corrected chi connectivity index (χ4v) is 1.99. The van der Waals surface area contributed by atoms with Crippen molar-refractivity contribution < 1.29 is 23.8 Å². The van der Waals surface area contributed by atoms with Crippen molar-refractivity contribution in [2.24, 2.45) is 5.41 Å². The molecule has 0 aromatic heterocycles. The molecule has 0 radical (unpaired) electrons. The zero-order valence-electron chi connectivity index (χ0n) is 16.0. The molecular formula is C22H24O5. The van der Waals surface area contributed by atoms with Crippen LogP contribution in [-0.2, 0) is 9.59 Å². The number of hydrogen-bond donors (Lipinski definition) is 0. The Morgan fingerprint density at radius 2 is 1.41 bits per heavy atom. The highest BCUT2D eigenvalue weighted by Gasteiger charge is 2.27. The van der Waals surface area contributed by atoms with Gasteiger partial charge in [-0.25, -0.2) is 4.79 Å². The Kier molecular flexibility index (Phi) is 6.77. The Morgan fingerprint density at radius 3 is 1.93 bits per heavy atom. The van der Waals surface area contributed by atoms with Gasteiger partial charge in [0.2, 0.25) is 0 Å². The van der Waals surface area contributed by atoms with Gasteiger partial charge in [-0.05, 0) is 68.3 Å². The van der Waals surface area contributed by atoms with Gasteiger partial charge in [0.25, 0.3) is 0 Å². The third-order valence-electron chi connectivity index (χ3n) is 4.22. The predicted molar refractivity (Wildman–Crippen MR) is 104 cm³/mol. The zero-order valence-corrected chi connectivity index (χ0v) is 16.0. The quantitative estimate of drug-likeness (QED) is 0.404. The third kappa shape index (κ3) is 5.99. The molecule has 0 saturated heterocycles. The lowest BCUT2D eigenvalue weighted by molar-refractivity contribution is -0.144. The highest BCUT2D eigenvalue weighted by atomic mass is 16.5. The molecule has 0 N–H and O–H groups in total. The first-order valence-corrected chi connectivity index (χ1v) is 8.70. The Hall–Kier alpha value is -3.08. The Labute approximate surface area is 159 Å². The monoisotopic (exact) mass is 368 g/mol. The van der Waals surface area contributed by atoms with E-state index in [9.17, 15) is 9.59 Å². The molecule has 0 spiro atoms. The molecule has 2 aromatic carbocycles. The fourth-order valence-electron chi connectivity index (χ4n) is 1.99. The second-order valence-corrected chi connectivity index (χ2v) is 6.63. The number of carbonyl (C=O) groups is 2. The minimum Gasteiger partial charge on any atom is -0.497 e. The van der Waals surface area contributed by atoms with Crippen LogP contribution in [0, 0.1) is 5.41 Å². The van der Waals surface area contributed by atoms with E-state index < -0.39 is 11.4 Å². The van der Waals surface area contributed by atoms with Crippen LogP contribution in [0.1, 0.15) is 32.8 Å². The standard InChI is InChI=1S/C22H24O5/c1-5-22(2,3)21(24)27-19-13-11-18(12-14-19)26-20(23)15-8-16-6-9-17(25-4)10-7-16/h6-15H,5H2,1-4H3. The molecular weight excluding hydrogens is 344 g/mol. The van der Waals surface area contributed by atoms with Gasteiger partial charge in [-0.15, -0.1) is 0 Å². The largest absolute Gasteiger partial charge is 0.497 e. The van der Waals surface area contributed by atoms with Gasteiger partial charge in [-0.1, -0.05) is 19.1 Å². The van der Waals surface area contributed by atoms with Crippen LogP contribution in [0.15, 0.2) is 54.6 Å². The number of rotatable bonds is 7. The van der Waals surface area contributed by atoms with Crippen LogP contribution in [0.3, 0.4) is 0 Å². The molecule has 0 fully saturated rings. The van der Waals surface area contributed by atoms with Gasteiger partial charge in [0.15, 0.2) is 0 Å². The number of carbonyl (C=O) groups excluding carboxylic acids is 2. The molecule has 0 aliphatic heterocycles. The SMILES string of the molecule is CCC(C)(C)C(=O)Oc1ccc(OC(=O)C=Cc2ccc(OC)cc2)cc1. The maximum atomic E-state index is 12.1. The molecule has 0 atom stereocenters. The summed E-state index contributed by atoms with van der Waals surface area (Å²) in [5.74, 6) is 0.738. The number of methoxy groups -OCH3 is 1. The van der Waals surface area contributed by atoms with E-state index in [2.05, 4.69) is 0 Å². The highest BCUT2D eigenvalue weighted by molar-refractivity contribution is 5.88. The maximum absolute atomic E-state index is 12.1. The predicted octanol–water partition coefficient (Wildman–Crippen LogP) is 4.66. The topological polar surface area (TPSA) is 61.8 Å². The van der Waals surface area contributed by atoms with E-state index in [-0.39, 0.29) is 5.97 Å². The summed E-state index contributed by atoms with van der Waals surface area (Å²) in [5, 5.41) is 0. The Balaban J connectivity index is 1.92. The summed E-state index contributed by atoms with van der Waals surface area (Å²) in [5.41, 5.74) is 0.311. The summed E-state index contributed by atoms with van der Waals surface area (Å²) in [6.45, 7) is 5.60. The molecule has 0 aliphatic rings. The second-order valence-electron chi connectivity index (χ2n) is 6.63. The van der Waals surface area contributed by atoms with Crippen LogP contribution >= 0.6 is 0 Å². The van der Waals surface area contributed by atoms with Crippen molar-refractivity contribution in [1.82, 2.24) is 0 Å². The van der Waals surface area contributed by atoms with E-state index in [0.29, 0.717) is 17.9 Å². The smallest absolute Gasteiger partial charge is 0.336 e. The van der Waals surface area contributed by atoms with Crippen LogP contribution in [0.5, 0.6) is 17.2 Å². The molecule has 0 saturated carbocycles. The Bertz CT molecular complexity index is 802. The van der Waals surface area contributed by atoms with Crippen molar-refractivity contribution in [3.8, 4) is 17.2 Å². The van der Waals surface area contributed by atoms with Gasteiger partial charge in [-0.2, -0.15) is 0 Å². The lowest BCUT2D eigenvalue weighted by atomic mass is 9.91. The number of benzene rings is 2. The van der Waals surface area contributed by atoms with E-state index >= 15 is 0 Å². The summed E-state index contributed by atoms with van der Waals surface area (Å²) >= 11 is 0. The summed E-state index contributed by atoms with van der Waals surface area (Å²) in [7, 11) is 1.60. The van der Waals surface area contributed by atoms with Crippen LogP contribution < -0.4 is 14.2 Å². The molecule has 0 amide bonds. The molecule has 27 heavy (non-hydrogen) atoms. The minimum atomic E-state index is -0.544. The minimum absolute atomic E-state index is 0.294. The van der Waals surface area contributed by atoms with Crippen molar-refractivity contribution in [2.75, 3.05) is 7.11 Å². The van der Waals surface area contributed by atoms with Crippen molar-refractivity contribution in [3.63, 3.8) is 0 Å².